The minimum atomic E-state index is -0.858. The molecule has 2 rings (SSSR count). The van der Waals surface area contributed by atoms with Gasteiger partial charge in [0.25, 0.3) is 0 Å². The molecule has 5 heteroatoms. The lowest BCUT2D eigenvalue weighted by molar-refractivity contribution is -0.143. The normalized spacial score (nSPS) is 12.6. The van der Waals surface area contributed by atoms with Crippen LogP contribution in [-0.4, -0.2) is 28.0 Å². The van der Waals surface area contributed by atoms with Gasteiger partial charge in [0.05, 0.1) is 0 Å². The summed E-state index contributed by atoms with van der Waals surface area (Å²) >= 11 is 1.69. The summed E-state index contributed by atoms with van der Waals surface area (Å²) in [7, 11) is 1.82. The van der Waals surface area contributed by atoms with Crippen molar-refractivity contribution < 1.29 is 9.90 Å². The molecule has 0 aliphatic carbocycles. The highest BCUT2D eigenvalue weighted by Gasteiger charge is 2.25. The van der Waals surface area contributed by atoms with Gasteiger partial charge in [0.1, 0.15) is 6.04 Å². The second-order valence-electron chi connectivity index (χ2n) is 4.45. The summed E-state index contributed by atoms with van der Waals surface area (Å²) < 4.78 is 0. The molecule has 0 aromatic carbocycles. The van der Waals surface area contributed by atoms with E-state index in [9.17, 15) is 9.90 Å². The minimum absolute atomic E-state index is 0.615. The largest absolute Gasteiger partial charge is 0.480 e. The van der Waals surface area contributed by atoms with Crippen molar-refractivity contribution in [1.82, 2.24) is 9.88 Å². The Morgan fingerprint density at radius 1 is 1.47 bits per heavy atom. The zero-order valence-electron chi connectivity index (χ0n) is 10.9. The standard InChI is InChI=1S/C14H16N2O2S/c1-10-5-6-12(19-10)9-16(2)13(14(17)18)11-4-3-7-15-8-11/h3-8,13H,9H2,1-2H3,(H,17,18). The number of pyridine rings is 1. The Morgan fingerprint density at radius 2 is 2.26 bits per heavy atom. The monoisotopic (exact) mass is 276 g/mol. The van der Waals surface area contributed by atoms with Crippen molar-refractivity contribution >= 4 is 17.3 Å². The van der Waals surface area contributed by atoms with Crippen LogP contribution in [0.4, 0.5) is 0 Å². The van der Waals surface area contributed by atoms with E-state index in [1.54, 1.807) is 35.9 Å². The van der Waals surface area contributed by atoms with Crippen LogP contribution in [0.1, 0.15) is 21.4 Å². The average Bonchev–Trinajstić information content (AvgIpc) is 2.75. The van der Waals surface area contributed by atoms with Gasteiger partial charge in [-0.2, -0.15) is 0 Å². The van der Waals surface area contributed by atoms with E-state index in [1.807, 2.05) is 31.0 Å². The first-order valence-electron chi connectivity index (χ1n) is 5.96. The maximum atomic E-state index is 11.5. The smallest absolute Gasteiger partial charge is 0.325 e. The van der Waals surface area contributed by atoms with Crippen LogP contribution in [0.2, 0.25) is 0 Å². The van der Waals surface area contributed by atoms with Crippen molar-refractivity contribution in [3.8, 4) is 0 Å². The predicted octanol–water partition coefficient (Wildman–Crippen LogP) is 2.71. The fraction of sp³-hybridized carbons (Fsp3) is 0.286. The summed E-state index contributed by atoms with van der Waals surface area (Å²) in [5, 5.41) is 9.41. The molecule has 0 radical (unpaired) electrons. The molecule has 2 aromatic rings. The fourth-order valence-corrected chi connectivity index (χ4v) is 2.98. The Morgan fingerprint density at radius 3 is 2.79 bits per heavy atom. The number of thiophene rings is 1. The number of hydrogen-bond donors (Lipinski definition) is 1. The summed E-state index contributed by atoms with van der Waals surface area (Å²) in [4.78, 5) is 19.7. The van der Waals surface area contributed by atoms with E-state index in [-0.39, 0.29) is 0 Å². The van der Waals surface area contributed by atoms with Gasteiger partial charge in [-0.1, -0.05) is 6.07 Å². The number of carboxylic acid groups (broad SMARTS) is 1. The van der Waals surface area contributed by atoms with Gasteiger partial charge in [0, 0.05) is 28.7 Å². The van der Waals surface area contributed by atoms with Gasteiger partial charge in [-0.3, -0.25) is 14.7 Å². The van der Waals surface area contributed by atoms with E-state index in [2.05, 4.69) is 4.98 Å². The summed E-state index contributed by atoms with van der Waals surface area (Å²) in [6.07, 6.45) is 3.25. The number of hydrogen-bond acceptors (Lipinski definition) is 4. The Balaban J connectivity index is 2.18. The summed E-state index contributed by atoms with van der Waals surface area (Å²) in [5.41, 5.74) is 0.700. The summed E-state index contributed by atoms with van der Waals surface area (Å²) in [6, 6.07) is 6.97. The molecule has 1 unspecified atom stereocenters. The molecule has 0 fully saturated rings. The lowest BCUT2D eigenvalue weighted by atomic mass is 10.1. The van der Waals surface area contributed by atoms with Crippen molar-refractivity contribution in [2.75, 3.05) is 7.05 Å². The number of likely N-dealkylation sites (N-methyl/N-ethyl adjacent to an activating group) is 1. The van der Waals surface area contributed by atoms with Crippen molar-refractivity contribution in [1.29, 1.82) is 0 Å². The van der Waals surface area contributed by atoms with Crippen LogP contribution in [0.15, 0.2) is 36.7 Å². The molecule has 19 heavy (non-hydrogen) atoms. The van der Waals surface area contributed by atoms with E-state index in [1.165, 1.54) is 4.88 Å². The van der Waals surface area contributed by atoms with E-state index in [4.69, 9.17) is 0 Å². The number of rotatable bonds is 5. The lowest BCUT2D eigenvalue weighted by Gasteiger charge is -2.24. The van der Waals surface area contributed by atoms with Crippen molar-refractivity contribution in [3.63, 3.8) is 0 Å². The molecule has 4 nitrogen and oxygen atoms in total. The molecular weight excluding hydrogens is 260 g/mol. The highest BCUT2D eigenvalue weighted by molar-refractivity contribution is 7.11. The molecule has 0 aliphatic heterocycles. The summed E-state index contributed by atoms with van der Waals surface area (Å²) in [6.45, 7) is 2.66. The van der Waals surface area contributed by atoms with Crippen molar-refractivity contribution in [2.45, 2.75) is 19.5 Å². The SMILES string of the molecule is Cc1ccc(CN(C)C(C(=O)O)c2cccnc2)s1. The van der Waals surface area contributed by atoms with Gasteiger partial charge < -0.3 is 5.11 Å². The van der Waals surface area contributed by atoms with Crippen molar-refractivity contribution in [2.24, 2.45) is 0 Å². The molecule has 0 amide bonds. The second kappa shape index (κ2) is 5.95. The Hall–Kier alpha value is -1.72. The zero-order chi connectivity index (χ0) is 13.8. The number of nitrogens with zero attached hydrogens (tertiary/aromatic N) is 2. The van der Waals surface area contributed by atoms with Gasteiger partial charge in [0.2, 0.25) is 0 Å². The topological polar surface area (TPSA) is 53.4 Å². The fourth-order valence-electron chi connectivity index (χ4n) is 2.03. The quantitative estimate of drug-likeness (QED) is 0.912. The van der Waals surface area contributed by atoms with Crippen LogP contribution in [0.25, 0.3) is 0 Å². The molecule has 0 saturated carbocycles. The average molecular weight is 276 g/mol. The highest BCUT2D eigenvalue weighted by Crippen LogP contribution is 2.23. The molecule has 1 N–H and O–H groups in total. The van der Waals surface area contributed by atoms with Gasteiger partial charge >= 0.3 is 5.97 Å². The van der Waals surface area contributed by atoms with E-state index in [0.717, 1.165) is 4.88 Å². The number of aryl methyl sites for hydroxylation is 1. The molecule has 1 atom stereocenters. The van der Waals surface area contributed by atoms with Crippen LogP contribution in [0.5, 0.6) is 0 Å². The van der Waals surface area contributed by atoms with Crippen molar-refractivity contribution in [3.05, 3.63) is 52.0 Å². The van der Waals surface area contributed by atoms with Gasteiger partial charge in [-0.15, -0.1) is 11.3 Å². The van der Waals surface area contributed by atoms with E-state index < -0.39 is 12.0 Å². The first-order chi connectivity index (χ1) is 9.08. The maximum absolute atomic E-state index is 11.5. The molecule has 100 valence electrons. The first kappa shape index (κ1) is 13.7. The molecule has 0 bridgehead atoms. The highest BCUT2D eigenvalue weighted by atomic mass is 32.1. The number of carboxylic acids is 1. The van der Waals surface area contributed by atoms with Crippen LogP contribution < -0.4 is 0 Å². The molecule has 2 heterocycles. The summed E-state index contributed by atoms with van der Waals surface area (Å²) in [5.74, 6) is -0.858. The molecular formula is C14H16N2O2S. The maximum Gasteiger partial charge on any atom is 0.325 e. The van der Waals surface area contributed by atoms with Gasteiger partial charge in [-0.05, 0) is 37.7 Å². The first-order valence-corrected chi connectivity index (χ1v) is 6.78. The van der Waals surface area contributed by atoms with Crippen LogP contribution >= 0.6 is 11.3 Å². The van der Waals surface area contributed by atoms with Crippen LogP contribution in [0, 0.1) is 6.92 Å². The van der Waals surface area contributed by atoms with Crippen LogP contribution in [-0.2, 0) is 11.3 Å². The Labute approximate surface area is 116 Å². The van der Waals surface area contributed by atoms with Crippen LogP contribution in [0.3, 0.4) is 0 Å². The number of carbonyl (C=O) groups is 1. The van der Waals surface area contributed by atoms with E-state index >= 15 is 0 Å². The van der Waals surface area contributed by atoms with E-state index in [0.29, 0.717) is 12.1 Å². The zero-order valence-corrected chi connectivity index (χ0v) is 11.7. The van der Waals surface area contributed by atoms with Gasteiger partial charge in [0.15, 0.2) is 0 Å². The minimum Gasteiger partial charge on any atom is -0.480 e. The Kier molecular flexibility index (Phi) is 4.29. The number of aliphatic carboxylic acids is 1. The molecule has 2 aromatic heterocycles. The number of aromatic nitrogens is 1. The second-order valence-corrected chi connectivity index (χ2v) is 5.83. The third kappa shape index (κ3) is 3.39. The third-order valence-corrected chi connectivity index (χ3v) is 3.86. The molecule has 0 saturated heterocycles. The lowest BCUT2D eigenvalue weighted by Crippen LogP contribution is -2.30. The predicted molar refractivity (Wildman–Crippen MR) is 75.1 cm³/mol. The third-order valence-electron chi connectivity index (χ3n) is 2.88. The Bertz CT molecular complexity index is 554. The molecule has 0 spiro atoms. The van der Waals surface area contributed by atoms with Gasteiger partial charge in [-0.25, -0.2) is 0 Å². The molecule has 0 aliphatic rings.